The summed E-state index contributed by atoms with van der Waals surface area (Å²) in [5, 5.41) is 9.05. The standard InChI is InChI=1S/C18H24N6O4S/c1-29(27,28)24-7-4-16-14(10-24)9-19-17(21-16)23-11-15(20-12-23)8-13-2-5-22(6-3-13)18(25)26/h9,11-13H,2-8,10H2,1H3,(H,25,26). The molecule has 1 N–H and O–H groups in total. The van der Waals surface area contributed by atoms with Gasteiger partial charge < -0.3 is 10.0 Å². The second-order valence-corrected chi connectivity index (χ2v) is 9.66. The first kappa shape index (κ1) is 19.8. The second-order valence-electron chi connectivity index (χ2n) is 7.68. The van der Waals surface area contributed by atoms with Gasteiger partial charge in [-0.25, -0.2) is 28.2 Å². The fraction of sp³-hybridized carbons (Fsp3) is 0.556. The summed E-state index contributed by atoms with van der Waals surface area (Å²) >= 11 is 0. The molecule has 1 saturated heterocycles. The monoisotopic (exact) mass is 420 g/mol. The van der Waals surface area contributed by atoms with Crippen LogP contribution in [0.5, 0.6) is 0 Å². The smallest absolute Gasteiger partial charge is 0.407 e. The molecular formula is C18H24N6O4S. The Morgan fingerprint density at radius 2 is 2.00 bits per heavy atom. The highest BCUT2D eigenvalue weighted by molar-refractivity contribution is 7.88. The normalized spacial score (nSPS) is 18.6. The van der Waals surface area contributed by atoms with E-state index in [0.717, 1.165) is 36.2 Å². The van der Waals surface area contributed by atoms with E-state index in [9.17, 15) is 13.2 Å². The quantitative estimate of drug-likeness (QED) is 0.780. The predicted octanol–water partition coefficient (Wildman–Crippen LogP) is 0.912. The van der Waals surface area contributed by atoms with Gasteiger partial charge in [0.15, 0.2) is 0 Å². The molecule has 29 heavy (non-hydrogen) atoms. The number of carbonyl (C=O) groups is 1. The third kappa shape index (κ3) is 4.40. The number of aromatic nitrogens is 4. The van der Waals surface area contributed by atoms with Crippen molar-refractivity contribution < 1.29 is 18.3 Å². The Labute approximate surface area is 169 Å². The third-order valence-corrected chi connectivity index (χ3v) is 6.85. The number of hydrogen-bond donors (Lipinski definition) is 1. The largest absolute Gasteiger partial charge is 0.465 e. The van der Waals surface area contributed by atoms with Crippen LogP contribution in [0.15, 0.2) is 18.7 Å². The maximum Gasteiger partial charge on any atom is 0.407 e. The second kappa shape index (κ2) is 7.71. The minimum absolute atomic E-state index is 0.304. The molecule has 0 aromatic carbocycles. The van der Waals surface area contributed by atoms with Crippen LogP contribution in [-0.4, -0.2) is 74.2 Å². The van der Waals surface area contributed by atoms with Crippen LogP contribution in [0.3, 0.4) is 0 Å². The molecule has 0 spiro atoms. The van der Waals surface area contributed by atoms with Gasteiger partial charge in [0.1, 0.15) is 6.33 Å². The van der Waals surface area contributed by atoms with Gasteiger partial charge >= 0.3 is 6.09 Å². The fourth-order valence-electron chi connectivity index (χ4n) is 3.89. The van der Waals surface area contributed by atoms with Crippen molar-refractivity contribution in [1.82, 2.24) is 28.7 Å². The van der Waals surface area contributed by atoms with Gasteiger partial charge in [0.2, 0.25) is 16.0 Å². The molecule has 4 rings (SSSR count). The predicted molar refractivity (Wildman–Crippen MR) is 104 cm³/mol. The summed E-state index contributed by atoms with van der Waals surface area (Å²) in [6, 6.07) is 0. The highest BCUT2D eigenvalue weighted by Crippen LogP contribution is 2.22. The van der Waals surface area contributed by atoms with Gasteiger partial charge in [-0.15, -0.1) is 0 Å². The van der Waals surface area contributed by atoms with Crippen LogP contribution in [0.1, 0.15) is 29.8 Å². The Kier molecular flexibility index (Phi) is 5.26. The molecule has 0 bridgehead atoms. The van der Waals surface area contributed by atoms with Crippen LogP contribution in [0, 0.1) is 5.92 Å². The van der Waals surface area contributed by atoms with Crippen LogP contribution >= 0.6 is 0 Å². The molecule has 0 radical (unpaired) electrons. The zero-order chi connectivity index (χ0) is 20.6. The Morgan fingerprint density at radius 3 is 2.69 bits per heavy atom. The molecule has 0 atom stereocenters. The van der Waals surface area contributed by atoms with Crippen LogP contribution < -0.4 is 0 Å². The Hall–Kier alpha value is -2.53. The summed E-state index contributed by atoms with van der Waals surface area (Å²) in [4.78, 5) is 25.9. The van der Waals surface area contributed by atoms with E-state index in [4.69, 9.17) is 5.11 Å². The van der Waals surface area contributed by atoms with Gasteiger partial charge in [-0.3, -0.25) is 4.57 Å². The zero-order valence-corrected chi connectivity index (χ0v) is 17.0. The summed E-state index contributed by atoms with van der Waals surface area (Å²) < 4.78 is 26.7. The molecule has 0 aliphatic carbocycles. The number of nitrogens with zero attached hydrogens (tertiary/aromatic N) is 6. The van der Waals surface area contributed by atoms with Crippen molar-refractivity contribution in [1.29, 1.82) is 0 Å². The van der Waals surface area contributed by atoms with E-state index in [1.165, 1.54) is 15.5 Å². The van der Waals surface area contributed by atoms with Gasteiger partial charge in [-0.2, -0.15) is 4.31 Å². The first-order valence-corrected chi connectivity index (χ1v) is 11.5. The molecule has 156 valence electrons. The van der Waals surface area contributed by atoms with Crippen molar-refractivity contribution in [3.63, 3.8) is 0 Å². The highest BCUT2D eigenvalue weighted by atomic mass is 32.2. The summed E-state index contributed by atoms with van der Waals surface area (Å²) in [6.45, 7) is 1.86. The fourth-order valence-corrected chi connectivity index (χ4v) is 4.69. The van der Waals surface area contributed by atoms with Crippen LogP contribution in [0.4, 0.5) is 4.79 Å². The molecule has 10 nitrogen and oxygen atoms in total. The van der Waals surface area contributed by atoms with E-state index in [1.54, 1.807) is 17.1 Å². The minimum Gasteiger partial charge on any atom is -0.465 e. The first-order chi connectivity index (χ1) is 13.8. The number of imidazole rings is 1. The molecule has 0 saturated carbocycles. The first-order valence-electron chi connectivity index (χ1n) is 9.60. The van der Waals surface area contributed by atoms with E-state index in [-0.39, 0.29) is 0 Å². The van der Waals surface area contributed by atoms with Crippen molar-refractivity contribution in [2.24, 2.45) is 5.92 Å². The number of hydrogen-bond acceptors (Lipinski definition) is 6. The molecule has 4 heterocycles. The molecule has 11 heteroatoms. The lowest BCUT2D eigenvalue weighted by Gasteiger charge is -2.29. The summed E-state index contributed by atoms with van der Waals surface area (Å²) in [5.74, 6) is 0.941. The molecule has 1 fully saturated rings. The van der Waals surface area contributed by atoms with E-state index >= 15 is 0 Å². The lowest BCUT2D eigenvalue weighted by Crippen LogP contribution is -2.37. The van der Waals surface area contributed by atoms with Gasteiger partial charge in [0.05, 0.1) is 17.6 Å². The minimum atomic E-state index is -3.22. The van der Waals surface area contributed by atoms with Crippen LogP contribution in [-0.2, 0) is 29.4 Å². The molecule has 1 amide bonds. The van der Waals surface area contributed by atoms with Gasteiger partial charge in [0, 0.05) is 50.6 Å². The average Bonchev–Trinajstić information content (AvgIpc) is 3.15. The molecule has 0 unspecified atom stereocenters. The lowest BCUT2D eigenvalue weighted by atomic mass is 9.92. The molecule has 2 aromatic rings. The number of carboxylic acid groups (broad SMARTS) is 1. The number of piperidine rings is 1. The number of amides is 1. The molecular weight excluding hydrogens is 396 g/mol. The third-order valence-electron chi connectivity index (χ3n) is 5.61. The Morgan fingerprint density at radius 1 is 1.24 bits per heavy atom. The lowest BCUT2D eigenvalue weighted by molar-refractivity contribution is 0.124. The van der Waals surface area contributed by atoms with E-state index in [1.807, 2.05) is 6.20 Å². The summed E-state index contributed by atoms with van der Waals surface area (Å²) in [7, 11) is -3.22. The Bertz CT molecular complexity index is 1010. The van der Waals surface area contributed by atoms with Gasteiger partial charge in [-0.05, 0) is 25.2 Å². The summed E-state index contributed by atoms with van der Waals surface area (Å²) in [5.41, 5.74) is 2.63. The van der Waals surface area contributed by atoms with E-state index in [0.29, 0.717) is 44.5 Å². The van der Waals surface area contributed by atoms with Gasteiger partial charge in [-0.1, -0.05) is 0 Å². The average molecular weight is 420 g/mol. The van der Waals surface area contributed by atoms with E-state index in [2.05, 4.69) is 15.0 Å². The zero-order valence-electron chi connectivity index (χ0n) is 16.2. The van der Waals surface area contributed by atoms with Crippen molar-refractivity contribution in [2.75, 3.05) is 25.9 Å². The van der Waals surface area contributed by atoms with Gasteiger partial charge in [0.25, 0.3) is 0 Å². The number of sulfonamides is 1. The van der Waals surface area contributed by atoms with E-state index < -0.39 is 16.1 Å². The van der Waals surface area contributed by atoms with Crippen LogP contribution in [0.2, 0.25) is 0 Å². The maximum absolute atomic E-state index is 11.7. The SMILES string of the molecule is CS(=O)(=O)N1CCc2nc(-n3cnc(CC4CCN(C(=O)O)CC4)c3)ncc2C1. The topological polar surface area (TPSA) is 122 Å². The molecule has 2 aliphatic rings. The number of fused-ring (bicyclic) bond motifs is 1. The van der Waals surface area contributed by atoms with Crippen molar-refractivity contribution >= 4 is 16.1 Å². The molecule has 2 aromatic heterocycles. The van der Waals surface area contributed by atoms with Crippen LogP contribution in [0.25, 0.3) is 5.95 Å². The number of likely N-dealkylation sites (tertiary alicyclic amines) is 1. The Balaban J connectivity index is 1.42. The van der Waals surface area contributed by atoms with Crippen molar-refractivity contribution in [3.8, 4) is 5.95 Å². The molecule has 2 aliphatic heterocycles. The highest BCUT2D eigenvalue weighted by Gasteiger charge is 2.25. The maximum atomic E-state index is 11.7. The summed E-state index contributed by atoms with van der Waals surface area (Å²) in [6.07, 6.45) is 8.69. The number of rotatable bonds is 4. The van der Waals surface area contributed by atoms with Crippen molar-refractivity contribution in [3.05, 3.63) is 35.7 Å². The van der Waals surface area contributed by atoms with Crippen molar-refractivity contribution in [2.45, 2.75) is 32.2 Å².